The Morgan fingerprint density at radius 2 is 1.65 bits per heavy atom. The number of nitrogens with two attached hydrogens (primary N) is 1. The molecule has 6 nitrogen and oxygen atoms in total. The second kappa shape index (κ2) is 7.92. The molecular formula is C16H22FN3O3. The van der Waals surface area contributed by atoms with Gasteiger partial charge in [0.1, 0.15) is 11.6 Å². The molecule has 2 rings (SSSR count). The molecule has 1 aromatic carbocycles. The first kappa shape index (κ1) is 17.2. The van der Waals surface area contributed by atoms with Gasteiger partial charge in [-0.25, -0.2) is 4.39 Å². The lowest BCUT2D eigenvalue weighted by atomic mass is 10.2. The number of carbonyl (C=O) groups is 2. The van der Waals surface area contributed by atoms with Gasteiger partial charge in [0.15, 0.2) is 6.61 Å². The van der Waals surface area contributed by atoms with Crippen molar-refractivity contribution in [3.63, 3.8) is 0 Å². The van der Waals surface area contributed by atoms with Crippen LogP contribution in [0.25, 0.3) is 0 Å². The van der Waals surface area contributed by atoms with E-state index in [1.165, 1.54) is 24.3 Å². The minimum Gasteiger partial charge on any atom is -0.484 e. The third-order valence-electron chi connectivity index (χ3n) is 3.66. The summed E-state index contributed by atoms with van der Waals surface area (Å²) >= 11 is 0. The monoisotopic (exact) mass is 323 g/mol. The van der Waals surface area contributed by atoms with Crippen LogP contribution in [-0.4, -0.2) is 60.4 Å². The molecule has 1 unspecified atom stereocenters. The van der Waals surface area contributed by atoms with Crippen molar-refractivity contribution >= 4 is 11.8 Å². The van der Waals surface area contributed by atoms with E-state index < -0.39 is 0 Å². The van der Waals surface area contributed by atoms with Crippen molar-refractivity contribution < 1.29 is 18.7 Å². The van der Waals surface area contributed by atoms with E-state index in [4.69, 9.17) is 10.5 Å². The molecule has 1 saturated heterocycles. The summed E-state index contributed by atoms with van der Waals surface area (Å²) in [7, 11) is 0. The maximum Gasteiger partial charge on any atom is 0.260 e. The first-order valence-electron chi connectivity index (χ1n) is 7.65. The number of halogens is 1. The summed E-state index contributed by atoms with van der Waals surface area (Å²) in [4.78, 5) is 27.4. The Morgan fingerprint density at radius 3 is 2.17 bits per heavy atom. The van der Waals surface area contributed by atoms with Crippen molar-refractivity contribution in [2.24, 2.45) is 5.73 Å². The van der Waals surface area contributed by atoms with Crippen molar-refractivity contribution in [2.75, 3.05) is 32.8 Å². The predicted octanol–water partition coefficient (Wildman–Crippen LogP) is 0.613. The minimum absolute atomic E-state index is 0.0228. The van der Waals surface area contributed by atoms with E-state index in [1.807, 2.05) is 0 Å². The molecule has 0 bridgehead atoms. The number of benzene rings is 1. The van der Waals surface area contributed by atoms with Gasteiger partial charge in [0.05, 0.1) is 0 Å². The molecule has 2 N–H and O–H groups in total. The predicted molar refractivity (Wildman–Crippen MR) is 83.3 cm³/mol. The molecule has 1 atom stereocenters. The van der Waals surface area contributed by atoms with E-state index in [-0.39, 0.29) is 30.3 Å². The highest BCUT2D eigenvalue weighted by atomic mass is 19.1. The Labute approximate surface area is 135 Å². The summed E-state index contributed by atoms with van der Waals surface area (Å²) in [6.45, 7) is 3.68. The smallest absolute Gasteiger partial charge is 0.260 e. The molecule has 1 heterocycles. The zero-order valence-corrected chi connectivity index (χ0v) is 13.2. The molecule has 1 fully saturated rings. The molecular weight excluding hydrogens is 301 g/mol. The van der Waals surface area contributed by atoms with Gasteiger partial charge in [-0.15, -0.1) is 0 Å². The third kappa shape index (κ3) is 5.21. The molecule has 2 amide bonds. The molecule has 0 saturated carbocycles. The van der Waals surface area contributed by atoms with Crippen LogP contribution in [-0.2, 0) is 9.59 Å². The van der Waals surface area contributed by atoms with Crippen LogP contribution in [0.2, 0.25) is 0 Å². The van der Waals surface area contributed by atoms with Gasteiger partial charge in [0, 0.05) is 38.6 Å². The Kier molecular flexibility index (Phi) is 5.92. The highest BCUT2D eigenvalue weighted by Crippen LogP contribution is 2.12. The molecule has 126 valence electrons. The average Bonchev–Trinajstić information content (AvgIpc) is 2.53. The van der Waals surface area contributed by atoms with Crippen molar-refractivity contribution in [3.05, 3.63) is 30.1 Å². The molecule has 23 heavy (non-hydrogen) atoms. The normalized spacial score (nSPS) is 16.1. The molecule has 0 aromatic heterocycles. The summed E-state index contributed by atoms with van der Waals surface area (Å²) in [6.07, 6.45) is 0.321. The van der Waals surface area contributed by atoms with Crippen LogP contribution in [0.3, 0.4) is 0 Å². The number of hydrogen-bond donors (Lipinski definition) is 1. The fraction of sp³-hybridized carbons (Fsp3) is 0.500. The summed E-state index contributed by atoms with van der Waals surface area (Å²) < 4.78 is 18.1. The lowest BCUT2D eigenvalue weighted by molar-refractivity contribution is -0.140. The van der Waals surface area contributed by atoms with Crippen LogP contribution in [0.15, 0.2) is 24.3 Å². The molecule has 7 heteroatoms. The van der Waals surface area contributed by atoms with Crippen LogP contribution in [0, 0.1) is 5.82 Å². The quantitative estimate of drug-likeness (QED) is 0.861. The minimum atomic E-state index is -0.351. The van der Waals surface area contributed by atoms with Crippen LogP contribution in [0.1, 0.15) is 13.3 Å². The average molecular weight is 323 g/mol. The Bertz CT molecular complexity index is 540. The number of piperazine rings is 1. The van der Waals surface area contributed by atoms with E-state index in [2.05, 4.69) is 0 Å². The number of ether oxygens (including phenoxy) is 1. The standard InChI is InChI=1S/C16H22FN3O3/c1-12(18)10-15(21)19-6-8-20(9-7-19)16(22)11-23-14-4-2-13(17)3-5-14/h2-5,12H,6-11,18H2,1H3. The van der Waals surface area contributed by atoms with Gasteiger partial charge >= 0.3 is 0 Å². The Balaban J connectivity index is 1.75. The molecule has 0 aliphatic carbocycles. The molecule has 0 spiro atoms. The maximum absolute atomic E-state index is 12.8. The number of hydrogen-bond acceptors (Lipinski definition) is 4. The lowest BCUT2D eigenvalue weighted by Gasteiger charge is -2.35. The van der Waals surface area contributed by atoms with Crippen LogP contribution < -0.4 is 10.5 Å². The topological polar surface area (TPSA) is 75.9 Å². The van der Waals surface area contributed by atoms with E-state index in [9.17, 15) is 14.0 Å². The summed E-state index contributed by atoms with van der Waals surface area (Å²) in [5.41, 5.74) is 5.63. The van der Waals surface area contributed by atoms with E-state index in [0.717, 1.165) is 0 Å². The fourth-order valence-corrected chi connectivity index (χ4v) is 2.38. The van der Waals surface area contributed by atoms with Crippen molar-refractivity contribution in [1.29, 1.82) is 0 Å². The number of amides is 2. The maximum atomic E-state index is 12.8. The van der Waals surface area contributed by atoms with E-state index in [0.29, 0.717) is 38.3 Å². The Morgan fingerprint density at radius 1 is 1.13 bits per heavy atom. The second-order valence-corrected chi connectivity index (χ2v) is 5.69. The Hall–Kier alpha value is -2.15. The zero-order chi connectivity index (χ0) is 16.8. The fourth-order valence-electron chi connectivity index (χ4n) is 2.38. The summed E-state index contributed by atoms with van der Waals surface area (Å²) in [5, 5.41) is 0. The van der Waals surface area contributed by atoms with Gasteiger partial charge in [0.25, 0.3) is 5.91 Å². The zero-order valence-electron chi connectivity index (χ0n) is 13.2. The summed E-state index contributed by atoms with van der Waals surface area (Å²) in [6, 6.07) is 5.36. The van der Waals surface area contributed by atoms with Gasteiger partial charge in [-0.05, 0) is 31.2 Å². The van der Waals surface area contributed by atoms with E-state index >= 15 is 0 Å². The van der Waals surface area contributed by atoms with Gasteiger partial charge in [-0.2, -0.15) is 0 Å². The third-order valence-corrected chi connectivity index (χ3v) is 3.66. The highest BCUT2D eigenvalue weighted by molar-refractivity contribution is 5.79. The van der Waals surface area contributed by atoms with Gasteiger partial charge in [-0.3, -0.25) is 9.59 Å². The van der Waals surface area contributed by atoms with E-state index in [1.54, 1.807) is 16.7 Å². The second-order valence-electron chi connectivity index (χ2n) is 5.69. The van der Waals surface area contributed by atoms with Gasteiger partial charge < -0.3 is 20.3 Å². The molecule has 1 aliphatic rings. The largest absolute Gasteiger partial charge is 0.484 e. The molecule has 0 radical (unpaired) electrons. The van der Waals surface area contributed by atoms with Crippen LogP contribution >= 0.6 is 0 Å². The SMILES string of the molecule is CC(N)CC(=O)N1CCN(C(=O)COc2ccc(F)cc2)CC1. The highest BCUT2D eigenvalue weighted by Gasteiger charge is 2.24. The first-order valence-corrected chi connectivity index (χ1v) is 7.65. The number of carbonyl (C=O) groups excluding carboxylic acids is 2. The van der Waals surface area contributed by atoms with Crippen molar-refractivity contribution in [1.82, 2.24) is 9.80 Å². The number of nitrogens with zero attached hydrogens (tertiary/aromatic N) is 2. The molecule has 1 aromatic rings. The van der Waals surface area contributed by atoms with Crippen molar-refractivity contribution in [3.8, 4) is 5.75 Å². The lowest BCUT2D eigenvalue weighted by Crippen LogP contribution is -2.52. The summed E-state index contributed by atoms with van der Waals surface area (Å²) in [5.74, 6) is -0.0231. The first-order chi connectivity index (χ1) is 11.0. The number of rotatable bonds is 5. The van der Waals surface area contributed by atoms with Gasteiger partial charge in [0.2, 0.25) is 5.91 Å². The van der Waals surface area contributed by atoms with Gasteiger partial charge in [-0.1, -0.05) is 0 Å². The van der Waals surface area contributed by atoms with Crippen LogP contribution in [0.5, 0.6) is 5.75 Å². The van der Waals surface area contributed by atoms with Crippen molar-refractivity contribution in [2.45, 2.75) is 19.4 Å². The van der Waals surface area contributed by atoms with Crippen LogP contribution in [0.4, 0.5) is 4.39 Å². The molecule has 1 aliphatic heterocycles.